The minimum absolute atomic E-state index is 0.636. The van der Waals surface area contributed by atoms with Crippen molar-refractivity contribution < 1.29 is 23.2 Å². The topological polar surface area (TPSA) is 87.2 Å². The van der Waals surface area contributed by atoms with Crippen LogP contribution in [0.25, 0.3) is 0 Å². The number of hydrogen-bond donors (Lipinski definition) is 1. The Labute approximate surface area is 92.9 Å². The molecule has 0 aliphatic rings. The normalized spacial score (nSPS) is 11.0. The van der Waals surface area contributed by atoms with E-state index in [1.54, 1.807) is 0 Å². The maximum absolute atomic E-state index is 12.6. The summed E-state index contributed by atoms with van der Waals surface area (Å²) in [6.07, 6.45) is -5.01. The molecule has 0 aromatic heterocycles. The van der Waals surface area contributed by atoms with Crippen LogP contribution in [-0.2, 0) is 12.8 Å². The van der Waals surface area contributed by atoms with Gasteiger partial charge in [-0.05, 0) is 11.6 Å². The van der Waals surface area contributed by atoms with Gasteiger partial charge in [0.2, 0.25) is 0 Å². The van der Waals surface area contributed by atoms with E-state index in [9.17, 15) is 23.3 Å². The van der Waals surface area contributed by atoms with Gasteiger partial charge in [0, 0.05) is 0 Å². The lowest BCUT2D eigenvalue weighted by atomic mass is 10.0. The Hall–Kier alpha value is -2.14. The Kier molecular flexibility index (Phi) is 3.34. The quantitative estimate of drug-likeness (QED) is 0.638. The second kappa shape index (κ2) is 4.39. The monoisotopic (exact) mass is 246 g/mol. The van der Waals surface area contributed by atoms with Crippen LogP contribution in [0.15, 0.2) is 12.1 Å². The second-order valence-electron chi connectivity index (χ2n) is 3.02. The molecule has 0 radical (unpaired) electrons. The van der Waals surface area contributed by atoms with Crippen LogP contribution < -0.4 is 0 Å². The first kappa shape index (κ1) is 12.9. The van der Waals surface area contributed by atoms with Crippen LogP contribution >= 0.6 is 0 Å². The molecule has 0 heterocycles. The molecule has 0 spiro atoms. The second-order valence-corrected chi connectivity index (χ2v) is 3.02. The summed E-state index contributed by atoms with van der Waals surface area (Å²) in [5, 5.41) is 27.9. The zero-order chi connectivity index (χ0) is 13.2. The lowest BCUT2D eigenvalue weighted by Gasteiger charge is -2.12. The van der Waals surface area contributed by atoms with Gasteiger partial charge in [0.05, 0.1) is 11.5 Å². The standard InChI is InChI=1S/C9H5F3N2O3/c10-9(11,12)7-6(4-15)2-1-5(3-13)8(7)14(16)17/h1-2,15H,4H2. The lowest BCUT2D eigenvalue weighted by Crippen LogP contribution is -2.14. The zero-order valence-corrected chi connectivity index (χ0v) is 8.15. The summed E-state index contributed by atoms with van der Waals surface area (Å²) >= 11 is 0. The molecule has 8 heteroatoms. The molecular weight excluding hydrogens is 241 g/mol. The van der Waals surface area contributed by atoms with Gasteiger partial charge < -0.3 is 5.11 Å². The van der Waals surface area contributed by atoms with E-state index >= 15 is 0 Å². The molecule has 0 saturated heterocycles. The summed E-state index contributed by atoms with van der Waals surface area (Å²) in [5.74, 6) is 0. The SMILES string of the molecule is N#Cc1ccc(CO)c(C(F)(F)F)c1[N+](=O)[O-]. The minimum atomic E-state index is -5.01. The number of nitriles is 1. The molecule has 1 N–H and O–H groups in total. The molecule has 1 aromatic rings. The van der Waals surface area contributed by atoms with Gasteiger partial charge in [-0.25, -0.2) is 0 Å². The van der Waals surface area contributed by atoms with E-state index in [1.807, 2.05) is 0 Å². The molecule has 1 rings (SSSR count). The van der Waals surface area contributed by atoms with Crippen molar-refractivity contribution in [2.24, 2.45) is 0 Å². The van der Waals surface area contributed by atoms with E-state index < -0.39 is 40.1 Å². The third-order valence-electron chi connectivity index (χ3n) is 2.02. The van der Waals surface area contributed by atoms with E-state index in [4.69, 9.17) is 10.4 Å². The van der Waals surface area contributed by atoms with Crippen molar-refractivity contribution in [3.63, 3.8) is 0 Å². The highest BCUT2D eigenvalue weighted by atomic mass is 19.4. The fourth-order valence-electron chi connectivity index (χ4n) is 1.36. The minimum Gasteiger partial charge on any atom is -0.392 e. The molecule has 0 atom stereocenters. The number of benzene rings is 1. The third-order valence-corrected chi connectivity index (χ3v) is 2.02. The van der Waals surface area contributed by atoms with Crippen molar-refractivity contribution in [1.82, 2.24) is 0 Å². The number of halogens is 3. The van der Waals surface area contributed by atoms with E-state index in [1.165, 1.54) is 6.07 Å². The van der Waals surface area contributed by atoms with Crippen LogP contribution in [0.4, 0.5) is 18.9 Å². The summed E-state index contributed by atoms with van der Waals surface area (Å²) in [5.41, 5.74) is -4.24. The van der Waals surface area contributed by atoms with Gasteiger partial charge in [-0.15, -0.1) is 0 Å². The van der Waals surface area contributed by atoms with Crippen LogP contribution in [0.2, 0.25) is 0 Å². The molecule has 0 bridgehead atoms. The highest BCUT2D eigenvalue weighted by Gasteiger charge is 2.42. The van der Waals surface area contributed by atoms with E-state index in [0.717, 1.165) is 12.1 Å². The van der Waals surface area contributed by atoms with Gasteiger partial charge in [0.1, 0.15) is 17.2 Å². The fraction of sp³-hybridized carbons (Fsp3) is 0.222. The first-order chi connectivity index (χ1) is 7.82. The first-order valence-electron chi connectivity index (χ1n) is 4.21. The highest BCUT2D eigenvalue weighted by Crippen LogP contribution is 2.40. The predicted octanol–water partition coefficient (Wildman–Crippen LogP) is 1.98. The highest BCUT2D eigenvalue weighted by molar-refractivity contribution is 5.58. The van der Waals surface area contributed by atoms with Crippen molar-refractivity contribution in [2.75, 3.05) is 0 Å². The van der Waals surface area contributed by atoms with Crippen molar-refractivity contribution >= 4 is 5.69 Å². The smallest absolute Gasteiger partial charge is 0.392 e. The van der Waals surface area contributed by atoms with E-state index in [2.05, 4.69) is 0 Å². The first-order valence-corrected chi connectivity index (χ1v) is 4.21. The molecular formula is C9H5F3N2O3. The zero-order valence-electron chi connectivity index (χ0n) is 8.15. The molecule has 5 nitrogen and oxygen atoms in total. The third kappa shape index (κ3) is 2.34. The van der Waals surface area contributed by atoms with Crippen LogP contribution in [0.3, 0.4) is 0 Å². The van der Waals surface area contributed by atoms with Crippen LogP contribution in [-0.4, -0.2) is 10.0 Å². The average Bonchev–Trinajstić information content (AvgIpc) is 2.25. The van der Waals surface area contributed by atoms with Gasteiger partial charge in [-0.1, -0.05) is 6.07 Å². The summed E-state index contributed by atoms with van der Waals surface area (Å²) in [6, 6.07) is 3.03. The molecule has 0 unspecified atom stereocenters. The molecule has 1 aromatic carbocycles. The summed E-state index contributed by atoms with van der Waals surface area (Å²) in [7, 11) is 0. The number of rotatable bonds is 2. The van der Waals surface area contributed by atoms with Crippen molar-refractivity contribution in [3.05, 3.63) is 38.9 Å². The Morgan fingerprint density at radius 1 is 1.47 bits per heavy atom. The van der Waals surface area contributed by atoms with Crippen molar-refractivity contribution in [2.45, 2.75) is 12.8 Å². The Morgan fingerprint density at radius 2 is 2.06 bits per heavy atom. The Bertz CT molecular complexity index is 505. The number of nitrogens with zero attached hydrogens (tertiary/aromatic N) is 2. The molecule has 0 aliphatic heterocycles. The number of hydrogen-bond acceptors (Lipinski definition) is 4. The molecule has 90 valence electrons. The van der Waals surface area contributed by atoms with Crippen molar-refractivity contribution in [3.8, 4) is 6.07 Å². The Morgan fingerprint density at radius 3 is 2.41 bits per heavy atom. The van der Waals surface area contributed by atoms with Gasteiger partial charge in [0.25, 0.3) is 5.69 Å². The molecule has 0 aliphatic carbocycles. The number of nitro benzene ring substituents is 1. The van der Waals surface area contributed by atoms with Crippen LogP contribution in [0.1, 0.15) is 16.7 Å². The number of nitro groups is 1. The maximum atomic E-state index is 12.6. The van der Waals surface area contributed by atoms with E-state index in [-0.39, 0.29) is 0 Å². The van der Waals surface area contributed by atoms with Crippen molar-refractivity contribution in [1.29, 1.82) is 5.26 Å². The summed E-state index contributed by atoms with van der Waals surface area (Å²) in [4.78, 5) is 9.31. The molecule has 17 heavy (non-hydrogen) atoms. The summed E-state index contributed by atoms with van der Waals surface area (Å²) < 4.78 is 37.9. The predicted molar refractivity (Wildman–Crippen MR) is 48.7 cm³/mol. The van der Waals surface area contributed by atoms with Crippen LogP contribution in [0, 0.1) is 21.4 Å². The largest absolute Gasteiger partial charge is 0.423 e. The van der Waals surface area contributed by atoms with Gasteiger partial charge in [-0.2, -0.15) is 18.4 Å². The lowest BCUT2D eigenvalue weighted by molar-refractivity contribution is -0.388. The number of aliphatic hydroxyl groups is 1. The van der Waals surface area contributed by atoms with Crippen LogP contribution in [0.5, 0.6) is 0 Å². The molecule has 0 saturated carbocycles. The van der Waals surface area contributed by atoms with Gasteiger partial charge in [-0.3, -0.25) is 10.1 Å². The van der Waals surface area contributed by atoms with E-state index in [0.29, 0.717) is 0 Å². The number of alkyl halides is 3. The molecule has 0 amide bonds. The average molecular weight is 246 g/mol. The van der Waals surface area contributed by atoms with Gasteiger partial charge in [0.15, 0.2) is 0 Å². The Balaban J connectivity index is 3.73. The fourth-order valence-corrected chi connectivity index (χ4v) is 1.36. The molecule has 0 fully saturated rings. The summed E-state index contributed by atoms with van der Waals surface area (Å²) in [6.45, 7) is -0.999. The van der Waals surface area contributed by atoms with Gasteiger partial charge >= 0.3 is 6.18 Å². The maximum Gasteiger partial charge on any atom is 0.423 e. The number of aliphatic hydroxyl groups excluding tert-OH is 1.